The van der Waals surface area contributed by atoms with Crippen molar-refractivity contribution in [3.8, 4) is 0 Å². The first-order valence-corrected chi connectivity index (χ1v) is 24.5. The fourth-order valence-corrected chi connectivity index (χ4v) is 7.39. The van der Waals surface area contributed by atoms with Crippen LogP contribution in [-0.2, 0) is 14.3 Å². The molecule has 0 aliphatic rings. The SMILES string of the molecule is O=C(OCCCCCCCCCCCC(F)(F)C(F)(F)C(F)(F)C(F)(F)C(F)(F)C(F)(F)C(F)(F)C(F)(F)F)[C@@H](O)[C@H](O)[C@H](O)[C@@H](O)C(=O)CCCCCCCCCCCC(F)(F)C(F)(F)C(F)(F)C(F)(F)C(F)(F)C(F)(F)C(F)(F)C(F)(F)F. The van der Waals surface area contributed by atoms with Crippen molar-refractivity contribution in [2.75, 3.05) is 6.61 Å². The molecule has 85 heavy (non-hydrogen) atoms. The number of alkyl halides is 34. The Bertz CT molecular complexity index is 2080. The fourth-order valence-electron chi connectivity index (χ4n) is 7.39. The summed E-state index contributed by atoms with van der Waals surface area (Å²) in [5.74, 6) is -116. The molecule has 4 atom stereocenters. The predicted octanol–water partition coefficient (Wildman–Crippen LogP) is 15.8. The predicted molar refractivity (Wildman–Crippen MR) is 218 cm³/mol. The summed E-state index contributed by atoms with van der Waals surface area (Å²) in [6.45, 7) is -0.470. The topological polar surface area (TPSA) is 124 Å². The molecule has 0 radical (unpaired) electrons. The normalized spacial score (nSPS) is 16.6. The van der Waals surface area contributed by atoms with E-state index < -0.39 is 183 Å². The Morgan fingerprint density at radius 2 is 0.482 bits per heavy atom. The van der Waals surface area contributed by atoms with Crippen molar-refractivity contribution in [3.05, 3.63) is 0 Å². The van der Waals surface area contributed by atoms with Crippen molar-refractivity contribution >= 4 is 11.8 Å². The number of carbonyl (C=O) groups is 2. The van der Waals surface area contributed by atoms with Gasteiger partial charge in [0.2, 0.25) is 0 Å². The van der Waals surface area contributed by atoms with Gasteiger partial charge in [0.25, 0.3) is 0 Å². The number of hydrogen-bond donors (Lipinski definition) is 4. The van der Waals surface area contributed by atoms with E-state index in [1.54, 1.807) is 0 Å². The van der Waals surface area contributed by atoms with Crippen molar-refractivity contribution in [2.24, 2.45) is 0 Å². The molecule has 0 bridgehead atoms. The number of Topliss-reactive ketones (excluding diaryl/α,β-unsaturated/α-hetero) is 1. The molecule has 0 aromatic rings. The highest BCUT2D eigenvalue weighted by Crippen LogP contribution is 2.66. The minimum Gasteiger partial charge on any atom is -0.464 e. The highest BCUT2D eigenvalue weighted by molar-refractivity contribution is 5.83. The van der Waals surface area contributed by atoms with Crippen LogP contribution in [0, 0.1) is 0 Å². The quantitative estimate of drug-likeness (QED) is 0.0273. The molecule has 508 valence electrons. The smallest absolute Gasteiger partial charge is 0.460 e. The number of aliphatic hydroxyl groups is 4. The van der Waals surface area contributed by atoms with Gasteiger partial charge in [-0.2, -0.15) is 149 Å². The molecular formula is C44H52F34O7. The van der Waals surface area contributed by atoms with Gasteiger partial charge in [0.05, 0.1) is 6.61 Å². The van der Waals surface area contributed by atoms with Crippen molar-refractivity contribution in [3.63, 3.8) is 0 Å². The van der Waals surface area contributed by atoms with Gasteiger partial charge in [-0.3, -0.25) is 4.79 Å². The van der Waals surface area contributed by atoms with Gasteiger partial charge in [0.15, 0.2) is 11.9 Å². The largest absolute Gasteiger partial charge is 0.464 e. The maximum atomic E-state index is 14.1. The van der Waals surface area contributed by atoms with E-state index in [-0.39, 0.29) is 89.9 Å². The molecule has 0 spiro atoms. The van der Waals surface area contributed by atoms with Gasteiger partial charge in [-0.05, 0) is 25.7 Å². The second kappa shape index (κ2) is 28.6. The van der Waals surface area contributed by atoms with Gasteiger partial charge >= 0.3 is 101 Å². The first kappa shape index (κ1) is 81.6. The molecule has 0 aromatic carbocycles. The summed E-state index contributed by atoms with van der Waals surface area (Å²) in [5.41, 5.74) is 0. The summed E-state index contributed by atoms with van der Waals surface area (Å²) < 4.78 is 461. The zero-order valence-electron chi connectivity index (χ0n) is 42.7. The molecule has 7 nitrogen and oxygen atoms in total. The lowest BCUT2D eigenvalue weighted by Crippen LogP contribution is -2.74. The summed E-state index contributed by atoms with van der Waals surface area (Å²) in [6, 6.07) is 0. The molecule has 0 aliphatic heterocycles. The number of ketones is 1. The Morgan fingerprint density at radius 1 is 0.271 bits per heavy atom. The van der Waals surface area contributed by atoms with Crippen LogP contribution in [0.3, 0.4) is 0 Å². The van der Waals surface area contributed by atoms with Gasteiger partial charge < -0.3 is 25.2 Å². The Labute approximate surface area is 457 Å². The number of hydrogen-bond acceptors (Lipinski definition) is 7. The monoisotopic (exact) mass is 1340 g/mol. The first-order valence-electron chi connectivity index (χ1n) is 24.5. The second-order valence-corrected chi connectivity index (χ2v) is 19.4. The molecular weight excluding hydrogens is 1290 g/mol. The third-order valence-corrected chi connectivity index (χ3v) is 12.9. The number of unbranched alkanes of at least 4 members (excludes halogenated alkanes) is 16. The Balaban J connectivity index is 4.72. The number of halogens is 34. The fraction of sp³-hybridized carbons (Fsp3) is 0.955. The minimum absolute atomic E-state index is 0.0258. The highest BCUT2D eigenvalue weighted by atomic mass is 19.4. The van der Waals surface area contributed by atoms with Crippen LogP contribution in [-0.4, -0.2) is 158 Å². The van der Waals surface area contributed by atoms with Crippen molar-refractivity contribution in [1.29, 1.82) is 0 Å². The van der Waals surface area contributed by atoms with E-state index in [2.05, 4.69) is 0 Å². The molecule has 0 fully saturated rings. The van der Waals surface area contributed by atoms with Crippen LogP contribution in [0.15, 0.2) is 0 Å². The van der Waals surface area contributed by atoms with E-state index in [1.807, 2.05) is 0 Å². The Hall–Kier alpha value is -3.40. The van der Waals surface area contributed by atoms with Gasteiger partial charge in [-0.1, -0.05) is 89.9 Å². The van der Waals surface area contributed by atoms with Crippen molar-refractivity contribution in [1.82, 2.24) is 0 Å². The number of carbonyl (C=O) groups excluding carboxylic acids is 2. The van der Waals surface area contributed by atoms with Crippen LogP contribution in [0.5, 0.6) is 0 Å². The summed E-state index contributed by atoms with van der Waals surface area (Å²) in [6.07, 6.45) is -33.6. The van der Waals surface area contributed by atoms with Gasteiger partial charge in [0, 0.05) is 19.3 Å². The number of rotatable bonds is 41. The van der Waals surface area contributed by atoms with E-state index in [0.29, 0.717) is 0 Å². The summed E-state index contributed by atoms with van der Waals surface area (Å²) in [5, 5.41) is 40.3. The zero-order valence-corrected chi connectivity index (χ0v) is 42.7. The number of esters is 1. The average Bonchev–Trinajstić information content (AvgIpc) is 0.956. The highest BCUT2D eigenvalue weighted by Gasteiger charge is 2.97. The molecule has 0 amide bonds. The molecule has 0 heterocycles. The molecule has 0 rings (SSSR count). The van der Waals surface area contributed by atoms with Crippen LogP contribution < -0.4 is 0 Å². The van der Waals surface area contributed by atoms with Crippen molar-refractivity contribution < 1.29 is 184 Å². The number of ether oxygens (including phenoxy) is 1. The van der Waals surface area contributed by atoms with Crippen molar-refractivity contribution in [2.45, 2.75) is 255 Å². The van der Waals surface area contributed by atoms with Crippen LogP contribution in [0.2, 0.25) is 0 Å². The maximum absolute atomic E-state index is 14.1. The second-order valence-electron chi connectivity index (χ2n) is 19.4. The lowest BCUT2D eigenvalue weighted by molar-refractivity contribution is -0.461. The van der Waals surface area contributed by atoms with Crippen LogP contribution in [0.4, 0.5) is 149 Å². The third kappa shape index (κ3) is 16.5. The summed E-state index contributed by atoms with van der Waals surface area (Å²) in [4.78, 5) is 24.4. The lowest BCUT2D eigenvalue weighted by atomic mass is 9.87. The van der Waals surface area contributed by atoms with Gasteiger partial charge in [-0.25, -0.2) is 4.79 Å². The molecule has 0 aromatic heterocycles. The maximum Gasteiger partial charge on any atom is 0.460 e. The average molecular weight is 1340 g/mol. The van der Waals surface area contributed by atoms with Crippen LogP contribution >= 0.6 is 0 Å². The van der Waals surface area contributed by atoms with Crippen LogP contribution in [0.25, 0.3) is 0 Å². The molecule has 41 heteroatoms. The Kier molecular flexibility index (Phi) is 27.5. The number of aliphatic hydroxyl groups excluding tert-OH is 4. The molecule has 0 unspecified atom stereocenters. The Morgan fingerprint density at radius 3 is 0.753 bits per heavy atom. The minimum atomic E-state index is -8.73. The third-order valence-electron chi connectivity index (χ3n) is 12.9. The summed E-state index contributed by atoms with van der Waals surface area (Å²) >= 11 is 0. The standard InChI is InChI=1S/C44H52F34O7/c45-29(46,31(49,50)33(53,54)35(57,58)37(61,62)39(65,66)41(69,70)43(73,74)75)20-16-12-8-4-1-3-7-11-15-19-23(79)24(80)25(81)26(82)27(83)28(84)85-22-18-14-10-6-2-5-9-13-17-21-30(47,48)32(51,52)34(55,56)36(59,60)38(63,64)40(67,68)42(71,72)44(76,77)78/h24-27,80-83H,1-22H2/t24-,25+,26+,27-/m0/s1. The lowest BCUT2D eigenvalue weighted by Gasteiger charge is -2.42. The van der Waals surface area contributed by atoms with Gasteiger partial charge in [-0.15, -0.1) is 0 Å². The molecule has 0 saturated carbocycles. The van der Waals surface area contributed by atoms with E-state index in [0.717, 1.165) is 0 Å². The summed E-state index contributed by atoms with van der Waals surface area (Å²) in [7, 11) is 0. The molecule has 0 aliphatic carbocycles. The van der Waals surface area contributed by atoms with Crippen LogP contribution in [0.1, 0.15) is 135 Å². The molecule has 0 saturated heterocycles. The van der Waals surface area contributed by atoms with E-state index in [9.17, 15) is 179 Å². The van der Waals surface area contributed by atoms with E-state index in [1.165, 1.54) is 0 Å². The van der Waals surface area contributed by atoms with E-state index >= 15 is 0 Å². The zero-order chi connectivity index (χ0) is 67.7. The first-order chi connectivity index (χ1) is 37.7. The van der Waals surface area contributed by atoms with Gasteiger partial charge in [0.1, 0.15) is 18.3 Å². The molecule has 4 N–H and O–H groups in total. The van der Waals surface area contributed by atoms with E-state index in [4.69, 9.17) is 4.74 Å².